The van der Waals surface area contributed by atoms with E-state index in [1.54, 1.807) is 12.1 Å². The molecular formula is C21H20ClF3N4O2. The van der Waals surface area contributed by atoms with E-state index in [0.29, 0.717) is 18.1 Å². The SMILES string of the molecule is NC(=O)C1CCCN(c2ccc(NC(=O)/C=C/c3ccc(Cl)c(C(F)(F)F)c3)cn2)C1. The Morgan fingerprint density at radius 1 is 1.26 bits per heavy atom. The quantitative estimate of drug-likeness (QED) is 0.668. The van der Waals surface area contributed by atoms with Crippen LogP contribution in [-0.2, 0) is 15.8 Å². The van der Waals surface area contributed by atoms with Crippen molar-refractivity contribution in [2.75, 3.05) is 23.3 Å². The summed E-state index contributed by atoms with van der Waals surface area (Å²) in [6.07, 6.45) is 0.866. The molecule has 1 unspecified atom stereocenters. The molecule has 2 heterocycles. The third-order valence-corrected chi connectivity index (χ3v) is 5.22. The van der Waals surface area contributed by atoms with Gasteiger partial charge in [0.1, 0.15) is 5.82 Å². The third-order valence-electron chi connectivity index (χ3n) is 4.89. The maximum atomic E-state index is 12.9. The average molecular weight is 453 g/mol. The molecule has 6 nitrogen and oxygen atoms in total. The Hall–Kier alpha value is -3.07. The molecule has 1 aromatic carbocycles. The van der Waals surface area contributed by atoms with Crippen LogP contribution in [0.5, 0.6) is 0 Å². The topological polar surface area (TPSA) is 88.3 Å². The normalized spacial score (nSPS) is 17.0. The lowest BCUT2D eigenvalue weighted by Gasteiger charge is -2.32. The number of anilines is 2. The molecule has 3 N–H and O–H groups in total. The maximum Gasteiger partial charge on any atom is 0.417 e. The first-order valence-electron chi connectivity index (χ1n) is 9.49. The van der Waals surface area contributed by atoms with Gasteiger partial charge in [-0.3, -0.25) is 9.59 Å². The standard InChI is InChI=1S/C21H20ClF3N4O2/c22-17-6-3-13(10-16(17)21(23,24)25)4-8-19(30)28-15-5-7-18(27-11-15)29-9-1-2-14(12-29)20(26)31/h3-8,10-11,14H,1-2,9,12H2,(H2,26,31)(H,28,30)/b8-4+. The van der Waals surface area contributed by atoms with Crippen LogP contribution in [0.1, 0.15) is 24.0 Å². The number of pyridine rings is 1. The van der Waals surface area contributed by atoms with Crippen molar-refractivity contribution in [1.29, 1.82) is 0 Å². The number of carbonyl (C=O) groups excluding carboxylic acids is 2. The molecule has 31 heavy (non-hydrogen) atoms. The maximum absolute atomic E-state index is 12.9. The molecule has 0 aliphatic carbocycles. The van der Waals surface area contributed by atoms with E-state index in [0.717, 1.165) is 37.6 Å². The van der Waals surface area contributed by atoms with Crippen LogP contribution in [0.15, 0.2) is 42.6 Å². The fourth-order valence-electron chi connectivity index (χ4n) is 3.28. The van der Waals surface area contributed by atoms with Crippen LogP contribution in [0.3, 0.4) is 0 Å². The minimum absolute atomic E-state index is 0.189. The van der Waals surface area contributed by atoms with Crippen molar-refractivity contribution in [3.05, 3.63) is 58.8 Å². The van der Waals surface area contributed by atoms with E-state index in [1.165, 1.54) is 18.3 Å². The number of rotatable bonds is 5. The number of halogens is 4. The number of nitrogens with zero attached hydrogens (tertiary/aromatic N) is 2. The van der Waals surface area contributed by atoms with E-state index < -0.39 is 22.7 Å². The highest BCUT2D eigenvalue weighted by molar-refractivity contribution is 6.31. The monoisotopic (exact) mass is 452 g/mol. The van der Waals surface area contributed by atoms with Gasteiger partial charge in [-0.2, -0.15) is 13.2 Å². The van der Waals surface area contributed by atoms with Crippen molar-refractivity contribution in [3.8, 4) is 0 Å². The van der Waals surface area contributed by atoms with Gasteiger partial charge in [-0.15, -0.1) is 0 Å². The van der Waals surface area contributed by atoms with E-state index in [1.807, 2.05) is 4.90 Å². The first kappa shape index (κ1) is 22.6. The van der Waals surface area contributed by atoms with Crippen LogP contribution >= 0.6 is 11.6 Å². The minimum atomic E-state index is -4.58. The zero-order valence-corrected chi connectivity index (χ0v) is 17.1. The molecular weight excluding hydrogens is 433 g/mol. The highest BCUT2D eigenvalue weighted by atomic mass is 35.5. The molecule has 1 atom stereocenters. The number of benzene rings is 1. The second-order valence-corrected chi connectivity index (χ2v) is 7.56. The largest absolute Gasteiger partial charge is 0.417 e. The van der Waals surface area contributed by atoms with Gasteiger partial charge in [0.15, 0.2) is 0 Å². The Morgan fingerprint density at radius 3 is 2.68 bits per heavy atom. The van der Waals surface area contributed by atoms with E-state index in [4.69, 9.17) is 17.3 Å². The smallest absolute Gasteiger partial charge is 0.369 e. The number of nitrogens with one attached hydrogen (secondary N) is 1. The van der Waals surface area contributed by atoms with Crippen LogP contribution in [-0.4, -0.2) is 29.9 Å². The molecule has 164 valence electrons. The van der Waals surface area contributed by atoms with Gasteiger partial charge in [0, 0.05) is 19.2 Å². The molecule has 1 aliphatic heterocycles. The Kier molecular flexibility index (Phi) is 6.84. The summed E-state index contributed by atoms with van der Waals surface area (Å²) < 4.78 is 38.8. The van der Waals surface area contributed by atoms with Gasteiger partial charge in [0.05, 0.1) is 28.4 Å². The van der Waals surface area contributed by atoms with Crippen LogP contribution in [0, 0.1) is 5.92 Å². The number of primary amides is 1. The van der Waals surface area contributed by atoms with E-state index in [-0.39, 0.29) is 17.4 Å². The Bertz CT molecular complexity index is 993. The highest BCUT2D eigenvalue weighted by Gasteiger charge is 2.33. The second kappa shape index (κ2) is 9.38. The van der Waals surface area contributed by atoms with Crippen LogP contribution in [0.4, 0.5) is 24.7 Å². The number of aromatic nitrogens is 1. The number of hydrogen-bond acceptors (Lipinski definition) is 4. The number of hydrogen-bond donors (Lipinski definition) is 2. The van der Waals surface area contributed by atoms with Crippen molar-refractivity contribution in [1.82, 2.24) is 4.98 Å². The van der Waals surface area contributed by atoms with Gasteiger partial charge in [-0.05, 0) is 48.7 Å². The number of piperidine rings is 1. The van der Waals surface area contributed by atoms with Crippen molar-refractivity contribution in [2.24, 2.45) is 11.7 Å². The number of nitrogens with two attached hydrogens (primary N) is 1. The van der Waals surface area contributed by atoms with E-state index in [9.17, 15) is 22.8 Å². The molecule has 1 saturated heterocycles. The van der Waals surface area contributed by atoms with E-state index >= 15 is 0 Å². The lowest BCUT2D eigenvalue weighted by molar-refractivity contribution is -0.137. The molecule has 0 spiro atoms. The van der Waals surface area contributed by atoms with Crippen LogP contribution < -0.4 is 16.0 Å². The molecule has 3 rings (SSSR count). The summed E-state index contributed by atoms with van der Waals surface area (Å²) in [7, 11) is 0. The second-order valence-electron chi connectivity index (χ2n) is 7.15. The van der Waals surface area contributed by atoms with Gasteiger partial charge in [-0.25, -0.2) is 4.98 Å². The van der Waals surface area contributed by atoms with Gasteiger partial charge >= 0.3 is 6.18 Å². The Balaban J connectivity index is 1.62. The van der Waals surface area contributed by atoms with Crippen LogP contribution in [0.2, 0.25) is 5.02 Å². The zero-order valence-electron chi connectivity index (χ0n) is 16.3. The number of carbonyl (C=O) groups is 2. The molecule has 0 saturated carbocycles. The summed E-state index contributed by atoms with van der Waals surface area (Å²) in [5.41, 5.74) is 5.04. The van der Waals surface area contributed by atoms with Gasteiger partial charge in [0.2, 0.25) is 11.8 Å². The average Bonchev–Trinajstić information content (AvgIpc) is 2.73. The van der Waals surface area contributed by atoms with Crippen molar-refractivity contribution < 1.29 is 22.8 Å². The summed E-state index contributed by atoms with van der Waals surface area (Å²) >= 11 is 5.59. The fraction of sp³-hybridized carbons (Fsp3) is 0.286. The molecule has 1 aromatic heterocycles. The lowest BCUT2D eigenvalue weighted by atomic mass is 9.97. The van der Waals surface area contributed by atoms with E-state index in [2.05, 4.69) is 10.3 Å². The summed E-state index contributed by atoms with van der Waals surface area (Å²) in [5, 5.41) is 2.19. The van der Waals surface area contributed by atoms with Crippen molar-refractivity contribution in [2.45, 2.75) is 19.0 Å². The Labute approximate surface area is 181 Å². The van der Waals surface area contributed by atoms with Crippen LogP contribution in [0.25, 0.3) is 6.08 Å². The molecule has 1 fully saturated rings. The third kappa shape index (κ3) is 5.97. The number of amides is 2. The highest BCUT2D eigenvalue weighted by Crippen LogP contribution is 2.35. The van der Waals surface area contributed by atoms with Gasteiger partial charge in [0.25, 0.3) is 0 Å². The molecule has 10 heteroatoms. The molecule has 2 amide bonds. The predicted octanol–water partition coefficient (Wildman–Crippen LogP) is 4.11. The zero-order chi connectivity index (χ0) is 22.6. The van der Waals surface area contributed by atoms with Gasteiger partial charge in [-0.1, -0.05) is 17.7 Å². The Morgan fingerprint density at radius 2 is 2.03 bits per heavy atom. The predicted molar refractivity (Wildman–Crippen MR) is 112 cm³/mol. The molecule has 1 aliphatic rings. The summed E-state index contributed by atoms with van der Waals surface area (Å²) in [6, 6.07) is 6.77. The molecule has 0 radical (unpaired) electrons. The van der Waals surface area contributed by atoms with Gasteiger partial charge < -0.3 is 16.0 Å². The molecule has 0 bridgehead atoms. The fourth-order valence-corrected chi connectivity index (χ4v) is 3.51. The summed E-state index contributed by atoms with van der Waals surface area (Å²) in [4.78, 5) is 29.8. The number of alkyl halides is 3. The first-order valence-corrected chi connectivity index (χ1v) is 9.87. The van der Waals surface area contributed by atoms with Crippen molar-refractivity contribution in [3.63, 3.8) is 0 Å². The lowest BCUT2D eigenvalue weighted by Crippen LogP contribution is -2.41. The summed E-state index contributed by atoms with van der Waals surface area (Å²) in [6.45, 7) is 1.25. The minimum Gasteiger partial charge on any atom is -0.369 e. The molecule has 2 aromatic rings. The van der Waals surface area contributed by atoms with Crippen molar-refractivity contribution >= 4 is 41.0 Å². The summed E-state index contributed by atoms with van der Waals surface area (Å²) in [5.74, 6) is -0.403. The first-order chi connectivity index (χ1) is 14.6.